The van der Waals surface area contributed by atoms with E-state index >= 15 is 0 Å². The van der Waals surface area contributed by atoms with Crippen molar-refractivity contribution in [3.8, 4) is 11.3 Å². The van der Waals surface area contributed by atoms with Gasteiger partial charge >= 0.3 is 5.97 Å². The molecule has 1 fully saturated rings. The fraction of sp³-hybridized carbons (Fsp3) is 0.483. The quantitative estimate of drug-likeness (QED) is 0.0197. The molecule has 2 heterocycles. The second-order valence-electron chi connectivity index (χ2n) is 23.1. The van der Waals surface area contributed by atoms with Gasteiger partial charge in [-0.3, -0.25) is 39.4 Å². The molecule has 1 aliphatic carbocycles. The van der Waals surface area contributed by atoms with E-state index < -0.39 is 43.8 Å². The molecule has 0 saturated carbocycles. The topological polar surface area (TPSA) is 300 Å². The molecule has 80 heavy (non-hydrogen) atoms. The van der Waals surface area contributed by atoms with Crippen molar-refractivity contribution < 1.29 is 52.9 Å². The van der Waals surface area contributed by atoms with E-state index in [1.54, 1.807) is 24.3 Å². The van der Waals surface area contributed by atoms with Crippen LogP contribution in [0.2, 0.25) is 0 Å². The Hall–Kier alpha value is -7.98. The van der Waals surface area contributed by atoms with Gasteiger partial charge < -0.3 is 50.6 Å². The summed E-state index contributed by atoms with van der Waals surface area (Å²) in [6.07, 6.45) is 4.12. The fourth-order valence-corrected chi connectivity index (χ4v) is 9.94. The lowest BCUT2D eigenvalue weighted by Gasteiger charge is -2.35. The Bertz CT molecular complexity index is 3150. The van der Waals surface area contributed by atoms with Gasteiger partial charge in [0.1, 0.15) is 11.2 Å². The average molecular weight is 1100 g/mol. The summed E-state index contributed by atoms with van der Waals surface area (Å²) < 4.78 is 18.4. The summed E-state index contributed by atoms with van der Waals surface area (Å²) >= 11 is 0. The number of anilines is 4. The van der Waals surface area contributed by atoms with Gasteiger partial charge in [-0.1, -0.05) is 35.5 Å². The molecule has 1 aromatic heterocycles. The predicted octanol–water partition coefficient (Wildman–Crippen LogP) is 9.85. The molecule has 3 amide bonds. The second kappa shape index (κ2) is 25.0. The van der Waals surface area contributed by atoms with Gasteiger partial charge in [0.05, 0.1) is 60.9 Å². The molecule has 1 saturated heterocycles. The molecular formula is C58H73N9O13. The summed E-state index contributed by atoms with van der Waals surface area (Å²) in [5.41, 5.74) is 0.667. The molecule has 5 aromatic rings. The lowest BCUT2D eigenvalue weighted by Crippen LogP contribution is -2.45. The normalized spacial score (nSPS) is 14.5. The summed E-state index contributed by atoms with van der Waals surface area (Å²) in [6, 6.07) is 18.9. The van der Waals surface area contributed by atoms with E-state index in [1.807, 2.05) is 73.6 Å². The number of aromatic carboxylic acids is 1. The molecule has 1 aliphatic heterocycles. The van der Waals surface area contributed by atoms with Gasteiger partial charge in [0, 0.05) is 86.2 Å². The number of hydrogen-bond donors (Lipinski definition) is 6. The number of nitro benzene ring substituents is 2. The third kappa shape index (κ3) is 15.4. The Morgan fingerprint density at radius 3 is 2.11 bits per heavy atom. The molecule has 1 atom stereocenters. The smallest absolute Gasteiger partial charge is 0.335 e. The molecule has 22 heteroatoms. The van der Waals surface area contributed by atoms with Crippen molar-refractivity contribution in [2.45, 2.75) is 135 Å². The van der Waals surface area contributed by atoms with Crippen molar-refractivity contribution in [1.29, 1.82) is 0 Å². The highest BCUT2D eigenvalue weighted by molar-refractivity contribution is 6.29. The molecule has 0 unspecified atom stereocenters. The van der Waals surface area contributed by atoms with Gasteiger partial charge in [-0.15, -0.1) is 0 Å². The lowest BCUT2D eigenvalue weighted by atomic mass is 9.86. The maximum Gasteiger partial charge on any atom is 0.335 e. The number of nitro groups is 2. The number of benzene rings is 4. The first-order valence-electron chi connectivity index (χ1n) is 27.0. The van der Waals surface area contributed by atoms with E-state index in [9.17, 15) is 49.3 Å². The maximum atomic E-state index is 14.2. The van der Waals surface area contributed by atoms with Crippen LogP contribution in [0, 0.1) is 26.1 Å². The van der Waals surface area contributed by atoms with Gasteiger partial charge in [0.15, 0.2) is 11.5 Å². The van der Waals surface area contributed by atoms with Crippen molar-refractivity contribution in [2.75, 3.05) is 54.9 Å². The number of nitrogens with one attached hydrogen (secondary N) is 5. The van der Waals surface area contributed by atoms with Gasteiger partial charge in [-0.25, -0.2) is 4.79 Å². The van der Waals surface area contributed by atoms with Crippen LogP contribution in [0.15, 0.2) is 77.3 Å². The van der Waals surface area contributed by atoms with Crippen LogP contribution < -0.4 is 31.5 Å². The monoisotopic (exact) mass is 1100 g/mol. The Kier molecular flexibility index (Phi) is 18.6. The van der Waals surface area contributed by atoms with Gasteiger partial charge in [0.2, 0.25) is 17.7 Å². The van der Waals surface area contributed by atoms with E-state index in [0.717, 1.165) is 12.5 Å². The summed E-state index contributed by atoms with van der Waals surface area (Å²) in [5.74, 6) is -1.62. The minimum atomic E-state index is -1.08. The third-order valence-corrected chi connectivity index (χ3v) is 14.6. The SMILES string of the molecule is CC(C)(CCOC(C)(C)CCNC(=O)[C@H]1CCCN(c2cc(Nc3cccc(C(=O)O)c3)c3c4c(onc24)-c2ccccc2C3=O)C1)NC(=O)CCCC(=O)NCCC(C)(C)OCCC(C)(C)Nc1ccc([N+](=O)[O-])cc1[N+](=O)[O-]. The van der Waals surface area contributed by atoms with E-state index in [0.29, 0.717) is 128 Å². The molecule has 22 nitrogen and oxygen atoms in total. The molecule has 428 valence electrons. The number of fused-ring (bicyclic) bond motifs is 2. The van der Waals surface area contributed by atoms with Crippen LogP contribution in [0.4, 0.5) is 34.1 Å². The van der Waals surface area contributed by atoms with E-state index in [4.69, 9.17) is 14.0 Å². The van der Waals surface area contributed by atoms with Crippen molar-refractivity contribution in [1.82, 2.24) is 21.1 Å². The Morgan fingerprint density at radius 1 is 0.775 bits per heavy atom. The van der Waals surface area contributed by atoms with Crippen LogP contribution >= 0.6 is 0 Å². The number of carbonyl (C=O) groups excluding carboxylic acids is 4. The number of rotatable bonds is 28. The van der Waals surface area contributed by atoms with Crippen LogP contribution in [0.1, 0.15) is 139 Å². The maximum absolute atomic E-state index is 14.2. The highest BCUT2D eigenvalue weighted by Gasteiger charge is 2.36. The molecule has 0 spiro atoms. The Balaban J connectivity index is 0.808. The van der Waals surface area contributed by atoms with Gasteiger partial charge in [0.25, 0.3) is 11.4 Å². The number of carbonyl (C=O) groups is 5. The van der Waals surface area contributed by atoms with E-state index in [-0.39, 0.29) is 59.2 Å². The molecule has 4 aromatic carbocycles. The largest absolute Gasteiger partial charge is 0.478 e. The molecule has 7 rings (SSSR count). The van der Waals surface area contributed by atoms with Crippen LogP contribution in [0.3, 0.4) is 0 Å². The zero-order chi connectivity index (χ0) is 58.2. The summed E-state index contributed by atoms with van der Waals surface area (Å²) in [7, 11) is 0. The zero-order valence-electron chi connectivity index (χ0n) is 46.7. The number of ether oxygens (including phenoxy) is 2. The molecular weight excluding hydrogens is 1030 g/mol. The minimum Gasteiger partial charge on any atom is -0.478 e. The standard InChI is InChI=1S/C58H73N9O13/c1-55(2,62-42-22-21-39(66(74)75)33-44(42)67(76)77)25-30-78-57(5,6)23-27-59-46(68)19-12-20-47(69)63-56(3,4)26-31-79-58(7,8)24-28-60-53(71)37-15-13-29-65(35-37)45-34-43(61-38-16-11-14-36(32-38)54(72)73)48-49-50(45)64-80-52(49)41-18-10-9-17-40(41)51(48)70/h9-11,14,16-18,21-22,32-34,37,61-62H,12-13,15,19-20,23-31,35H2,1-8H3,(H,59,68)(H,60,71)(H,63,69)(H,72,73)/t37-/m0/s1. The first kappa shape index (κ1) is 59.7. The number of nitrogens with zero attached hydrogens (tertiary/aromatic N) is 4. The summed E-state index contributed by atoms with van der Waals surface area (Å²) in [4.78, 5) is 88.9. The van der Waals surface area contributed by atoms with Crippen molar-refractivity contribution in [3.05, 3.63) is 110 Å². The lowest BCUT2D eigenvalue weighted by molar-refractivity contribution is -0.393. The first-order valence-corrected chi connectivity index (χ1v) is 27.0. The Morgan fingerprint density at radius 2 is 1.44 bits per heavy atom. The summed E-state index contributed by atoms with van der Waals surface area (Å²) in [6.45, 7) is 17.6. The molecule has 0 radical (unpaired) electrons. The first-order chi connectivity index (χ1) is 37.7. The number of aromatic nitrogens is 1. The number of carboxylic acids is 1. The number of hydrogen-bond acceptors (Lipinski definition) is 16. The molecule has 0 bridgehead atoms. The number of non-ortho nitro benzene ring substituents is 1. The highest BCUT2D eigenvalue weighted by Crippen LogP contribution is 2.47. The highest BCUT2D eigenvalue weighted by atomic mass is 16.6. The minimum absolute atomic E-state index is 0.0886. The number of carboxylic acid groups (broad SMARTS) is 1. The second-order valence-corrected chi connectivity index (χ2v) is 23.1. The van der Waals surface area contributed by atoms with Crippen molar-refractivity contribution >= 4 is 74.5 Å². The number of piperidine rings is 1. The molecule has 2 aliphatic rings. The third-order valence-electron chi connectivity index (χ3n) is 14.6. The predicted molar refractivity (Wildman–Crippen MR) is 303 cm³/mol. The van der Waals surface area contributed by atoms with Gasteiger partial charge in [-0.05, 0) is 131 Å². The van der Waals surface area contributed by atoms with Crippen LogP contribution in [0.25, 0.3) is 22.2 Å². The Labute approximate surface area is 464 Å². The van der Waals surface area contributed by atoms with Crippen LogP contribution in [0.5, 0.6) is 0 Å². The van der Waals surface area contributed by atoms with Gasteiger partial charge in [-0.2, -0.15) is 0 Å². The van der Waals surface area contributed by atoms with Crippen molar-refractivity contribution in [2.24, 2.45) is 5.92 Å². The van der Waals surface area contributed by atoms with Crippen LogP contribution in [-0.2, 0) is 23.9 Å². The fourth-order valence-electron chi connectivity index (χ4n) is 9.94. The number of ketones is 1. The average Bonchev–Trinajstić information content (AvgIpc) is 3.83. The van der Waals surface area contributed by atoms with Crippen molar-refractivity contribution in [3.63, 3.8) is 0 Å². The summed E-state index contributed by atoms with van der Waals surface area (Å²) in [5, 5.41) is 52.9. The zero-order valence-corrected chi connectivity index (χ0v) is 46.7. The van der Waals surface area contributed by atoms with Crippen LogP contribution in [-0.4, -0.2) is 111 Å². The molecule has 6 N–H and O–H groups in total. The van der Waals surface area contributed by atoms with E-state index in [2.05, 4.69) is 36.6 Å². The van der Waals surface area contributed by atoms with E-state index in [1.165, 1.54) is 24.3 Å². The number of amides is 3.